The van der Waals surface area contributed by atoms with Crippen molar-refractivity contribution in [3.8, 4) is 0 Å². The summed E-state index contributed by atoms with van der Waals surface area (Å²) in [5.74, 6) is -0.186. The van der Waals surface area contributed by atoms with Crippen LogP contribution >= 0.6 is 0 Å². The minimum absolute atomic E-state index is 0.0252. The van der Waals surface area contributed by atoms with Gasteiger partial charge >= 0.3 is 0 Å². The molecule has 0 bridgehead atoms. The number of fused-ring (bicyclic) bond motifs is 1. The van der Waals surface area contributed by atoms with Crippen molar-refractivity contribution in [3.63, 3.8) is 0 Å². The zero-order chi connectivity index (χ0) is 14.8. The topological polar surface area (TPSA) is 46.6 Å². The van der Waals surface area contributed by atoms with Crippen molar-refractivity contribution in [1.29, 1.82) is 0 Å². The highest BCUT2D eigenvalue weighted by Gasteiger charge is 2.33. The normalized spacial score (nSPS) is 17.5. The van der Waals surface area contributed by atoms with Crippen LogP contribution in [0.1, 0.15) is 35.4 Å². The minimum atomic E-state index is -0.434. The molecule has 0 aromatic heterocycles. The first-order chi connectivity index (χ1) is 10.2. The van der Waals surface area contributed by atoms with E-state index in [9.17, 15) is 9.59 Å². The Bertz CT molecular complexity index is 681. The number of rotatable bonds is 3. The molecule has 0 saturated carbocycles. The Hall–Kier alpha value is -2.46. The number of benzene rings is 2. The SMILES string of the molecule is CC(=O)CC1ON(c2ccccc2)C(=O)c2ccccc21. The summed E-state index contributed by atoms with van der Waals surface area (Å²) in [6.07, 6.45) is -0.190. The molecule has 3 rings (SSSR count). The molecule has 21 heavy (non-hydrogen) atoms. The number of carbonyl (C=O) groups excluding carboxylic acids is 2. The third-order valence-electron chi connectivity index (χ3n) is 3.42. The molecule has 0 saturated heterocycles. The smallest absolute Gasteiger partial charge is 0.282 e. The minimum Gasteiger partial charge on any atom is -0.300 e. The van der Waals surface area contributed by atoms with Gasteiger partial charge in [0.15, 0.2) is 0 Å². The van der Waals surface area contributed by atoms with Gasteiger partial charge in [0.2, 0.25) is 0 Å². The fourth-order valence-corrected chi connectivity index (χ4v) is 2.46. The Morgan fingerprint density at radius 2 is 1.76 bits per heavy atom. The van der Waals surface area contributed by atoms with Gasteiger partial charge < -0.3 is 0 Å². The maximum atomic E-state index is 12.6. The highest BCUT2D eigenvalue weighted by Crippen LogP contribution is 2.34. The van der Waals surface area contributed by atoms with Crippen LogP contribution in [0.15, 0.2) is 54.6 Å². The second kappa shape index (κ2) is 5.50. The molecule has 1 unspecified atom stereocenters. The summed E-state index contributed by atoms with van der Waals surface area (Å²) in [6, 6.07) is 16.4. The van der Waals surface area contributed by atoms with Crippen LogP contribution in [0.25, 0.3) is 0 Å². The monoisotopic (exact) mass is 281 g/mol. The maximum Gasteiger partial charge on any atom is 0.282 e. The predicted molar refractivity (Wildman–Crippen MR) is 78.8 cm³/mol. The lowest BCUT2D eigenvalue weighted by atomic mass is 9.97. The van der Waals surface area contributed by atoms with Gasteiger partial charge in [0.05, 0.1) is 5.69 Å². The summed E-state index contributed by atoms with van der Waals surface area (Å²) in [5, 5.41) is 1.27. The van der Waals surface area contributed by atoms with E-state index in [0.717, 1.165) is 5.56 Å². The Kier molecular flexibility index (Phi) is 3.54. The van der Waals surface area contributed by atoms with E-state index in [4.69, 9.17) is 4.84 Å². The Morgan fingerprint density at radius 1 is 1.10 bits per heavy atom. The van der Waals surface area contributed by atoms with Crippen molar-refractivity contribution in [3.05, 3.63) is 65.7 Å². The molecule has 1 amide bonds. The number of anilines is 1. The number of hydrogen-bond acceptors (Lipinski definition) is 3. The van der Waals surface area contributed by atoms with Gasteiger partial charge in [0, 0.05) is 12.0 Å². The van der Waals surface area contributed by atoms with Crippen molar-refractivity contribution in [2.24, 2.45) is 0 Å². The number of hydrogen-bond donors (Lipinski definition) is 0. The van der Waals surface area contributed by atoms with E-state index in [1.54, 1.807) is 18.2 Å². The number of nitrogens with zero attached hydrogens (tertiary/aromatic N) is 1. The molecule has 106 valence electrons. The molecule has 2 aromatic rings. The average Bonchev–Trinajstić information content (AvgIpc) is 2.51. The van der Waals surface area contributed by atoms with Crippen molar-refractivity contribution in [2.45, 2.75) is 19.4 Å². The van der Waals surface area contributed by atoms with Gasteiger partial charge in [0.25, 0.3) is 5.91 Å². The highest BCUT2D eigenvalue weighted by molar-refractivity contribution is 6.06. The molecular weight excluding hydrogens is 266 g/mol. The van der Waals surface area contributed by atoms with E-state index in [1.165, 1.54) is 12.0 Å². The van der Waals surface area contributed by atoms with Crippen LogP contribution in [0.2, 0.25) is 0 Å². The molecule has 4 nitrogen and oxygen atoms in total. The molecular formula is C17H15NO3. The van der Waals surface area contributed by atoms with E-state index in [0.29, 0.717) is 11.3 Å². The third kappa shape index (κ3) is 2.58. The number of hydroxylamine groups is 1. The molecule has 1 heterocycles. The van der Waals surface area contributed by atoms with Gasteiger partial charge in [-0.15, -0.1) is 0 Å². The number of para-hydroxylation sites is 1. The Balaban J connectivity index is 2.03. The van der Waals surface area contributed by atoms with E-state index in [2.05, 4.69) is 0 Å². The largest absolute Gasteiger partial charge is 0.300 e. The van der Waals surface area contributed by atoms with Crippen molar-refractivity contribution >= 4 is 17.4 Å². The fraction of sp³-hybridized carbons (Fsp3) is 0.176. The standard InChI is InChI=1S/C17H15NO3/c1-12(19)11-16-14-9-5-6-10-15(14)17(20)18(21-16)13-7-3-2-4-8-13/h2-10,16H,11H2,1H3. The summed E-state index contributed by atoms with van der Waals surface area (Å²) >= 11 is 0. The average molecular weight is 281 g/mol. The highest BCUT2D eigenvalue weighted by atomic mass is 16.7. The van der Waals surface area contributed by atoms with Crippen LogP contribution in [0.5, 0.6) is 0 Å². The molecule has 0 radical (unpaired) electrons. The van der Waals surface area contributed by atoms with Crippen molar-refractivity contribution in [1.82, 2.24) is 0 Å². The summed E-state index contributed by atoms with van der Waals surface area (Å²) in [6.45, 7) is 1.52. The molecule has 1 aliphatic rings. The Labute approximate surface area is 122 Å². The number of ketones is 1. The molecule has 2 aromatic carbocycles. The van der Waals surface area contributed by atoms with Gasteiger partial charge in [-0.3, -0.25) is 14.4 Å². The maximum absolute atomic E-state index is 12.6. The summed E-state index contributed by atoms with van der Waals surface area (Å²) in [7, 11) is 0. The summed E-state index contributed by atoms with van der Waals surface area (Å²) < 4.78 is 0. The zero-order valence-electron chi connectivity index (χ0n) is 11.7. The van der Waals surface area contributed by atoms with Gasteiger partial charge in [-0.05, 0) is 30.7 Å². The predicted octanol–water partition coefficient (Wildman–Crippen LogP) is 3.30. The number of Topliss-reactive ketones (excluding diaryl/α,β-unsaturated/α-hetero) is 1. The summed E-state index contributed by atoms with van der Waals surface area (Å²) in [5.41, 5.74) is 2.01. The Morgan fingerprint density at radius 3 is 2.48 bits per heavy atom. The van der Waals surface area contributed by atoms with E-state index < -0.39 is 6.10 Å². The molecule has 1 atom stereocenters. The van der Waals surface area contributed by atoms with E-state index in [1.807, 2.05) is 36.4 Å². The molecule has 1 aliphatic heterocycles. The summed E-state index contributed by atoms with van der Waals surface area (Å²) in [4.78, 5) is 29.8. The molecule has 0 fully saturated rings. The quantitative estimate of drug-likeness (QED) is 0.867. The van der Waals surface area contributed by atoms with Gasteiger partial charge in [-0.1, -0.05) is 36.4 Å². The molecule has 0 aliphatic carbocycles. The van der Waals surface area contributed by atoms with Gasteiger partial charge in [-0.2, -0.15) is 5.06 Å². The van der Waals surface area contributed by atoms with Crippen molar-refractivity contribution < 1.29 is 14.4 Å². The molecule has 0 spiro atoms. The first kappa shape index (κ1) is 13.5. The second-order valence-corrected chi connectivity index (χ2v) is 5.02. The van der Waals surface area contributed by atoms with Gasteiger partial charge in [-0.25, -0.2) is 0 Å². The number of carbonyl (C=O) groups is 2. The van der Waals surface area contributed by atoms with Crippen LogP contribution in [0.4, 0.5) is 5.69 Å². The van der Waals surface area contributed by atoms with Crippen LogP contribution in [0.3, 0.4) is 0 Å². The zero-order valence-corrected chi connectivity index (χ0v) is 11.7. The number of amides is 1. The lowest BCUT2D eigenvalue weighted by Gasteiger charge is -2.33. The van der Waals surface area contributed by atoms with E-state index >= 15 is 0 Å². The van der Waals surface area contributed by atoms with Crippen LogP contribution < -0.4 is 5.06 Å². The van der Waals surface area contributed by atoms with Crippen LogP contribution in [0, 0.1) is 0 Å². The molecule has 4 heteroatoms. The lowest BCUT2D eigenvalue weighted by molar-refractivity contribution is -0.120. The van der Waals surface area contributed by atoms with Crippen LogP contribution in [-0.4, -0.2) is 11.7 Å². The van der Waals surface area contributed by atoms with Crippen molar-refractivity contribution in [2.75, 3.05) is 5.06 Å². The van der Waals surface area contributed by atoms with Gasteiger partial charge in [0.1, 0.15) is 11.9 Å². The molecule has 0 N–H and O–H groups in total. The second-order valence-electron chi connectivity index (χ2n) is 5.02. The van der Waals surface area contributed by atoms with Crippen LogP contribution in [-0.2, 0) is 9.63 Å². The lowest BCUT2D eigenvalue weighted by Crippen LogP contribution is -2.38. The first-order valence-corrected chi connectivity index (χ1v) is 6.81. The fourth-order valence-electron chi connectivity index (χ4n) is 2.46. The third-order valence-corrected chi connectivity index (χ3v) is 3.42. The first-order valence-electron chi connectivity index (χ1n) is 6.81. The van der Waals surface area contributed by atoms with E-state index in [-0.39, 0.29) is 18.1 Å².